The van der Waals surface area contributed by atoms with Crippen LogP contribution in [-0.4, -0.2) is 32.8 Å². The maximum absolute atomic E-state index is 12.8. The van der Waals surface area contributed by atoms with Crippen molar-refractivity contribution in [3.05, 3.63) is 59.7 Å². The molecule has 0 saturated heterocycles. The van der Waals surface area contributed by atoms with Gasteiger partial charge in [0.1, 0.15) is 0 Å². The molecule has 0 radical (unpaired) electrons. The molecule has 1 aliphatic rings. The van der Waals surface area contributed by atoms with Crippen molar-refractivity contribution in [2.24, 2.45) is 0 Å². The molecule has 0 heterocycles. The lowest BCUT2D eigenvalue weighted by Crippen LogP contribution is -2.42. The number of alkyl halides is 3. The van der Waals surface area contributed by atoms with Gasteiger partial charge in [-0.15, -0.1) is 0 Å². The summed E-state index contributed by atoms with van der Waals surface area (Å²) in [6, 6.07) is 8.78. The minimum absolute atomic E-state index is 0.122. The summed E-state index contributed by atoms with van der Waals surface area (Å²) in [5.74, 6) is -0.844. The first-order valence-corrected chi connectivity index (χ1v) is 11.9. The Kier molecular flexibility index (Phi) is 7.62. The van der Waals surface area contributed by atoms with Crippen LogP contribution in [0.25, 0.3) is 0 Å². The van der Waals surface area contributed by atoms with Crippen molar-refractivity contribution in [3.63, 3.8) is 0 Å². The normalized spacial score (nSPS) is 15.0. The summed E-state index contributed by atoms with van der Waals surface area (Å²) in [5.41, 5.74) is -1.09. The Labute approximate surface area is 189 Å². The summed E-state index contributed by atoms with van der Waals surface area (Å²) in [6.45, 7) is -0.202. The van der Waals surface area contributed by atoms with Gasteiger partial charge < -0.3 is 10.6 Å². The molecule has 7 nitrogen and oxygen atoms in total. The first-order chi connectivity index (χ1) is 15.5. The largest absolute Gasteiger partial charge is 0.416 e. The molecule has 0 aromatic heterocycles. The average molecular weight is 484 g/mol. The Balaban J connectivity index is 1.58. The Bertz CT molecular complexity index is 1100. The van der Waals surface area contributed by atoms with E-state index in [2.05, 4.69) is 15.4 Å². The predicted octanol–water partition coefficient (Wildman–Crippen LogP) is 3.68. The van der Waals surface area contributed by atoms with E-state index in [1.165, 1.54) is 18.2 Å². The molecule has 0 atom stereocenters. The lowest BCUT2D eigenvalue weighted by atomic mass is 9.95. The third kappa shape index (κ3) is 6.95. The molecule has 0 aliphatic heterocycles. The molecule has 178 valence electrons. The molecular weight excluding hydrogens is 459 g/mol. The van der Waals surface area contributed by atoms with E-state index in [1.807, 2.05) is 0 Å². The number of halogens is 3. The molecule has 1 saturated carbocycles. The van der Waals surface area contributed by atoms with Gasteiger partial charge in [0, 0.05) is 17.3 Å². The highest BCUT2D eigenvalue weighted by Crippen LogP contribution is 2.31. The topological polar surface area (TPSA) is 104 Å². The number of hydrogen-bond acceptors (Lipinski definition) is 4. The molecular formula is C22H24F3N3O4S. The Morgan fingerprint density at radius 3 is 2.27 bits per heavy atom. The summed E-state index contributed by atoms with van der Waals surface area (Å²) >= 11 is 0. The maximum atomic E-state index is 12.8. The maximum Gasteiger partial charge on any atom is 0.416 e. The van der Waals surface area contributed by atoms with E-state index < -0.39 is 27.7 Å². The fourth-order valence-corrected chi connectivity index (χ4v) is 4.60. The standard InChI is InChI=1S/C22H24F3N3O4S/c23-22(24,25)16-5-4-8-18(13-16)28-33(31,32)19-11-9-15(10-12-19)21(30)26-14-20(29)27-17-6-2-1-3-7-17/h4-5,8-13,17,28H,1-3,6-7,14H2,(H,26,30)(H,27,29). The van der Waals surface area contributed by atoms with Crippen LogP contribution in [0.4, 0.5) is 18.9 Å². The highest BCUT2D eigenvalue weighted by molar-refractivity contribution is 7.92. The lowest BCUT2D eigenvalue weighted by Gasteiger charge is -2.22. The van der Waals surface area contributed by atoms with Gasteiger partial charge in [-0.3, -0.25) is 14.3 Å². The fourth-order valence-electron chi connectivity index (χ4n) is 3.55. The molecule has 1 fully saturated rings. The molecule has 3 N–H and O–H groups in total. The Morgan fingerprint density at radius 2 is 1.64 bits per heavy atom. The van der Waals surface area contributed by atoms with Gasteiger partial charge in [-0.25, -0.2) is 8.42 Å². The second kappa shape index (κ2) is 10.2. The van der Waals surface area contributed by atoms with Crippen LogP contribution in [0.15, 0.2) is 53.4 Å². The van der Waals surface area contributed by atoms with Gasteiger partial charge in [0.2, 0.25) is 5.91 Å². The van der Waals surface area contributed by atoms with Gasteiger partial charge in [-0.1, -0.05) is 25.3 Å². The zero-order valence-electron chi connectivity index (χ0n) is 17.6. The number of sulfonamides is 1. The van der Waals surface area contributed by atoms with Crippen LogP contribution in [0.5, 0.6) is 0 Å². The lowest BCUT2D eigenvalue weighted by molar-refractivity contribution is -0.137. The van der Waals surface area contributed by atoms with Crippen LogP contribution in [0.1, 0.15) is 48.0 Å². The van der Waals surface area contributed by atoms with Crippen molar-refractivity contribution in [2.75, 3.05) is 11.3 Å². The molecule has 0 spiro atoms. The third-order valence-corrected chi connectivity index (χ3v) is 6.65. The van der Waals surface area contributed by atoms with E-state index in [0.717, 1.165) is 56.4 Å². The highest BCUT2D eigenvalue weighted by Gasteiger charge is 2.30. The first kappa shape index (κ1) is 24.6. The summed E-state index contributed by atoms with van der Waals surface area (Å²) in [6.07, 6.45) is 0.521. The van der Waals surface area contributed by atoms with E-state index in [0.29, 0.717) is 6.07 Å². The van der Waals surface area contributed by atoms with E-state index in [4.69, 9.17) is 0 Å². The average Bonchev–Trinajstić information content (AvgIpc) is 2.77. The zero-order valence-corrected chi connectivity index (χ0v) is 18.4. The van der Waals surface area contributed by atoms with E-state index in [1.54, 1.807) is 0 Å². The molecule has 33 heavy (non-hydrogen) atoms. The summed E-state index contributed by atoms with van der Waals surface area (Å²) in [7, 11) is -4.17. The number of nitrogens with one attached hydrogen (secondary N) is 3. The smallest absolute Gasteiger partial charge is 0.352 e. The second-order valence-corrected chi connectivity index (χ2v) is 9.48. The molecule has 2 amide bonds. The van der Waals surface area contributed by atoms with Crippen molar-refractivity contribution < 1.29 is 31.2 Å². The van der Waals surface area contributed by atoms with Crippen LogP contribution in [0.3, 0.4) is 0 Å². The summed E-state index contributed by atoms with van der Waals surface area (Å²) in [5, 5.41) is 5.36. The second-order valence-electron chi connectivity index (χ2n) is 7.79. The fraction of sp³-hybridized carbons (Fsp3) is 0.364. The van der Waals surface area contributed by atoms with Crippen LogP contribution in [-0.2, 0) is 21.0 Å². The number of hydrogen-bond donors (Lipinski definition) is 3. The number of benzene rings is 2. The highest BCUT2D eigenvalue weighted by atomic mass is 32.2. The predicted molar refractivity (Wildman–Crippen MR) is 116 cm³/mol. The van der Waals surface area contributed by atoms with Crippen LogP contribution < -0.4 is 15.4 Å². The van der Waals surface area contributed by atoms with E-state index in [-0.39, 0.29) is 34.6 Å². The Morgan fingerprint density at radius 1 is 0.970 bits per heavy atom. The van der Waals surface area contributed by atoms with Gasteiger partial charge in [0.15, 0.2) is 0 Å². The molecule has 1 aliphatic carbocycles. The van der Waals surface area contributed by atoms with Crippen LogP contribution in [0, 0.1) is 0 Å². The van der Waals surface area contributed by atoms with Gasteiger partial charge in [0.05, 0.1) is 17.0 Å². The van der Waals surface area contributed by atoms with Crippen molar-refractivity contribution in [3.8, 4) is 0 Å². The molecule has 0 unspecified atom stereocenters. The van der Waals surface area contributed by atoms with Gasteiger partial charge >= 0.3 is 6.18 Å². The number of amides is 2. The van der Waals surface area contributed by atoms with Crippen molar-refractivity contribution in [1.82, 2.24) is 10.6 Å². The van der Waals surface area contributed by atoms with Crippen molar-refractivity contribution in [1.29, 1.82) is 0 Å². The molecule has 11 heteroatoms. The van der Waals surface area contributed by atoms with E-state index >= 15 is 0 Å². The number of rotatable bonds is 7. The Hall–Kier alpha value is -3.08. The number of anilines is 1. The van der Waals surface area contributed by atoms with Crippen LogP contribution in [0.2, 0.25) is 0 Å². The van der Waals surface area contributed by atoms with Crippen molar-refractivity contribution in [2.45, 2.75) is 49.2 Å². The van der Waals surface area contributed by atoms with E-state index in [9.17, 15) is 31.2 Å². The molecule has 3 rings (SSSR count). The monoisotopic (exact) mass is 483 g/mol. The molecule has 2 aromatic carbocycles. The number of carbonyl (C=O) groups is 2. The summed E-state index contributed by atoms with van der Waals surface area (Å²) < 4.78 is 65.6. The third-order valence-electron chi connectivity index (χ3n) is 5.25. The van der Waals surface area contributed by atoms with Crippen molar-refractivity contribution >= 4 is 27.5 Å². The minimum Gasteiger partial charge on any atom is -0.352 e. The zero-order chi connectivity index (χ0) is 24.1. The summed E-state index contributed by atoms with van der Waals surface area (Å²) in [4.78, 5) is 24.0. The SMILES string of the molecule is O=C(CNC(=O)c1ccc(S(=O)(=O)Nc2cccc(C(F)(F)F)c2)cc1)NC1CCCCC1. The first-order valence-electron chi connectivity index (χ1n) is 10.4. The van der Waals surface area contributed by atoms with Crippen LogP contribution >= 0.6 is 0 Å². The quantitative estimate of drug-likeness (QED) is 0.559. The van der Waals surface area contributed by atoms with Gasteiger partial charge in [0.25, 0.3) is 15.9 Å². The van der Waals surface area contributed by atoms with Gasteiger partial charge in [-0.05, 0) is 55.3 Å². The van der Waals surface area contributed by atoms with Gasteiger partial charge in [-0.2, -0.15) is 13.2 Å². The molecule has 2 aromatic rings. The molecule has 0 bridgehead atoms. The number of carbonyl (C=O) groups excluding carboxylic acids is 2. The minimum atomic E-state index is -4.61.